The van der Waals surface area contributed by atoms with Crippen LogP contribution in [-0.2, 0) is 0 Å². The van der Waals surface area contributed by atoms with E-state index in [0.717, 1.165) is 33.9 Å². The van der Waals surface area contributed by atoms with Crippen LogP contribution >= 0.6 is 0 Å². The molecule has 0 aliphatic heterocycles. The number of hydrogen-bond acceptors (Lipinski definition) is 3. The molecule has 1 N–H and O–H groups in total. The lowest BCUT2D eigenvalue weighted by Gasteiger charge is -2.11. The minimum atomic E-state index is -0.187. The van der Waals surface area contributed by atoms with E-state index in [2.05, 4.69) is 16.9 Å². The summed E-state index contributed by atoms with van der Waals surface area (Å²) < 4.78 is 7.65. The third kappa shape index (κ3) is 4.90. The Hall–Kier alpha value is -4.12. The molecular weight excluding hydrogens is 386 g/mol. The summed E-state index contributed by atoms with van der Waals surface area (Å²) in [7, 11) is 0. The van der Waals surface area contributed by atoms with Crippen molar-refractivity contribution in [1.82, 2.24) is 14.9 Å². The van der Waals surface area contributed by atoms with Crippen molar-refractivity contribution in [2.75, 3.05) is 6.54 Å². The normalized spacial score (nSPS) is 10.5. The maximum Gasteiger partial charge on any atom is 0.270 e. The summed E-state index contributed by atoms with van der Waals surface area (Å²) in [4.78, 5) is 16.7. The van der Waals surface area contributed by atoms with Crippen LogP contribution in [0.2, 0.25) is 0 Å². The van der Waals surface area contributed by atoms with Gasteiger partial charge in [-0.2, -0.15) is 0 Å². The molecule has 0 atom stereocenters. The van der Waals surface area contributed by atoms with Gasteiger partial charge in [-0.05, 0) is 54.4 Å². The highest BCUT2D eigenvalue weighted by atomic mass is 16.5. The van der Waals surface area contributed by atoms with E-state index in [1.807, 2.05) is 85.8 Å². The van der Waals surface area contributed by atoms with Gasteiger partial charge in [-0.3, -0.25) is 9.36 Å². The Kier molecular flexibility index (Phi) is 5.94. The average molecular weight is 409 g/mol. The van der Waals surface area contributed by atoms with Gasteiger partial charge in [-0.1, -0.05) is 54.6 Å². The molecule has 1 heterocycles. The van der Waals surface area contributed by atoms with E-state index in [1.54, 1.807) is 17.1 Å². The van der Waals surface area contributed by atoms with Crippen LogP contribution in [0.15, 0.2) is 104 Å². The van der Waals surface area contributed by atoms with Gasteiger partial charge < -0.3 is 10.1 Å². The predicted octanol–water partition coefficient (Wildman–Crippen LogP) is 5.64. The molecule has 0 saturated heterocycles. The van der Waals surface area contributed by atoms with Crippen molar-refractivity contribution in [2.45, 2.75) is 6.92 Å². The number of carbonyl (C=O) groups is 1. The second-order valence-corrected chi connectivity index (χ2v) is 7.28. The number of nitrogens with zero attached hydrogens (tertiary/aromatic N) is 2. The van der Waals surface area contributed by atoms with Crippen molar-refractivity contribution < 1.29 is 9.53 Å². The molecule has 3 aromatic carbocycles. The Labute approximate surface area is 181 Å². The SMILES string of the molecule is C=C(C)CNC(=O)c1cncn1-c1cccc(-c2ccc(Oc3ccccc3)cc2)c1. The lowest BCUT2D eigenvalue weighted by Crippen LogP contribution is -2.26. The largest absolute Gasteiger partial charge is 0.457 e. The zero-order valence-electron chi connectivity index (χ0n) is 17.3. The van der Waals surface area contributed by atoms with Gasteiger partial charge in [0, 0.05) is 12.2 Å². The summed E-state index contributed by atoms with van der Waals surface area (Å²) in [5.74, 6) is 1.39. The lowest BCUT2D eigenvalue weighted by atomic mass is 10.0. The number of carbonyl (C=O) groups excluding carboxylic acids is 1. The molecule has 0 saturated carbocycles. The zero-order valence-corrected chi connectivity index (χ0v) is 17.3. The highest BCUT2D eigenvalue weighted by Gasteiger charge is 2.13. The number of para-hydroxylation sites is 1. The standard InChI is InChI=1S/C26H23N3O2/c1-19(2)16-28-26(30)25-17-27-18-29(25)22-8-6-7-21(15-22)20-11-13-24(14-12-20)31-23-9-4-3-5-10-23/h3-15,17-18H,1,16H2,2H3,(H,28,30). The first-order chi connectivity index (χ1) is 15.1. The topological polar surface area (TPSA) is 56.2 Å². The van der Waals surface area contributed by atoms with Crippen molar-refractivity contribution in [3.05, 3.63) is 109 Å². The maximum atomic E-state index is 12.5. The molecule has 4 aromatic rings. The number of hydrogen-bond donors (Lipinski definition) is 1. The van der Waals surface area contributed by atoms with Gasteiger partial charge in [0.05, 0.1) is 12.5 Å². The van der Waals surface area contributed by atoms with Crippen LogP contribution in [0.5, 0.6) is 11.5 Å². The van der Waals surface area contributed by atoms with E-state index in [0.29, 0.717) is 12.2 Å². The monoisotopic (exact) mass is 409 g/mol. The quantitative estimate of drug-likeness (QED) is 0.402. The number of ether oxygens (including phenoxy) is 1. The molecular formula is C26H23N3O2. The Morgan fingerprint density at radius 1 is 0.968 bits per heavy atom. The summed E-state index contributed by atoms with van der Waals surface area (Å²) in [5, 5.41) is 2.85. The Morgan fingerprint density at radius 3 is 2.45 bits per heavy atom. The Morgan fingerprint density at radius 2 is 1.71 bits per heavy atom. The fraction of sp³-hybridized carbons (Fsp3) is 0.0769. The fourth-order valence-corrected chi connectivity index (χ4v) is 3.17. The van der Waals surface area contributed by atoms with E-state index in [4.69, 9.17) is 4.74 Å². The number of nitrogens with one attached hydrogen (secondary N) is 1. The van der Waals surface area contributed by atoms with Crippen molar-refractivity contribution in [3.8, 4) is 28.3 Å². The van der Waals surface area contributed by atoms with Gasteiger partial charge in [0.25, 0.3) is 5.91 Å². The number of amides is 1. The highest BCUT2D eigenvalue weighted by molar-refractivity contribution is 5.93. The van der Waals surface area contributed by atoms with Crippen molar-refractivity contribution in [1.29, 1.82) is 0 Å². The van der Waals surface area contributed by atoms with Gasteiger partial charge in [-0.15, -0.1) is 0 Å². The number of benzene rings is 3. The second kappa shape index (κ2) is 9.13. The van der Waals surface area contributed by atoms with E-state index in [9.17, 15) is 4.79 Å². The fourth-order valence-electron chi connectivity index (χ4n) is 3.17. The molecule has 0 spiro atoms. The summed E-state index contributed by atoms with van der Waals surface area (Å²) in [6, 6.07) is 25.6. The van der Waals surface area contributed by atoms with Crippen LogP contribution in [0, 0.1) is 0 Å². The Balaban J connectivity index is 1.55. The van der Waals surface area contributed by atoms with E-state index in [-0.39, 0.29) is 5.91 Å². The summed E-state index contributed by atoms with van der Waals surface area (Å²) in [6.45, 7) is 6.12. The molecule has 0 aliphatic carbocycles. The van der Waals surface area contributed by atoms with Crippen LogP contribution in [0.1, 0.15) is 17.4 Å². The number of rotatable bonds is 7. The minimum Gasteiger partial charge on any atom is -0.457 e. The molecule has 4 rings (SSSR count). The third-order valence-electron chi connectivity index (χ3n) is 4.71. The smallest absolute Gasteiger partial charge is 0.270 e. The molecule has 0 radical (unpaired) electrons. The maximum absolute atomic E-state index is 12.5. The molecule has 0 bridgehead atoms. The summed E-state index contributed by atoms with van der Waals surface area (Å²) in [6.07, 6.45) is 3.21. The molecule has 5 heteroatoms. The van der Waals surface area contributed by atoms with Crippen molar-refractivity contribution >= 4 is 5.91 Å². The Bertz CT molecular complexity index is 1190. The molecule has 154 valence electrons. The molecule has 1 aromatic heterocycles. The number of aromatic nitrogens is 2. The first-order valence-electron chi connectivity index (χ1n) is 9.99. The van der Waals surface area contributed by atoms with Crippen LogP contribution in [0.25, 0.3) is 16.8 Å². The molecule has 0 fully saturated rings. The molecule has 1 amide bonds. The van der Waals surface area contributed by atoms with Crippen LogP contribution in [0.3, 0.4) is 0 Å². The van der Waals surface area contributed by atoms with Crippen LogP contribution in [0.4, 0.5) is 0 Å². The number of imidazole rings is 1. The van der Waals surface area contributed by atoms with Gasteiger partial charge in [0.15, 0.2) is 0 Å². The van der Waals surface area contributed by atoms with Crippen molar-refractivity contribution in [2.24, 2.45) is 0 Å². The minimum absolute atomic E-state index is 0.187. The van der Waals surface area contributed by atoms with E-state index < -0.39 is 0 Å². The van der Waals surface area contributed by atoms with Crippen molar-refractivity contribution in [3.63, 3.8) is 0 Å². The molecule has 0 unspecified atom stereocenters. The van der Waals surface area contributed by atoms with Gasteiger partial charge in [-0.25, -0.2) is 4.98 Å². The first kappa shape index (κ1) is 20.2. The second-order valence-electron chi connectivity index (χ2n) is 7.28. The van der Waals surface area contributed by atoms with Crippen LogP contribution < -0.4 is 10.1 Å². The lowest BCUT2D eigenvalue weighted by molar-refractivity contribution is 0.0950. The van der Waals surface area contributed by atoms with E-state index in [1.165, 1.54) is 0 Å². The first-order valence-corrected chi connectivity index (χ1v) is 9.99. The molecule has 5 nitrogen and oxygen atoms in total. The summed E-state index contributed by atoms with van der Waals surface area (Å²) in [5.41, 5.74) is 4.31. The predicted molar refractivity (Wildman–Crippen MR) is 123 cm³/mol. The third-order valence-corrected chi connectivity index (χ3v) is 4.71. The van der Waals surface area contributed by atoms with Gasteiger partial charge in [0.1, 0.15) is 17.2 Å². The van der Waals surface area contributed by atoms with Gasteiger partial charge >= 0.3 is 0 Å². The van der Waals surface area contributed by atoms with E-state index >= 15 is 0 Å². The summed E-state index contributed by atoms with van der Waals surface area (Å²) >= 11 is 0. The van der Waals surface area contributed by atoms with Gasteiger partial charge in [0.2, 0.25) is 0 Å². The zero-order chi connectivity index (χ0) is 21.6. The van der Waals surface area contributed by atoms with Crippen LogP contribution in [-0.4, -0.2) is 22.0 Å². The highest BCUT2D eigenvalue weighted by Crippen LogP contribution is 2.27. The molecule has 31 heavy (non-hydrogen) atoms. The average Bonchev–Trinajstić information content (AvgIpc) is 3.29. The molecule has 0 aliphatic rings.